The lowest BCUT2D eigenvalue weighted by molar-refractivity contribution is -0.129. The Morgan fingerprint density at radius 1 is 0.390 bits per heavy atom. The van der Waals surface area contributed by atoms with E-state index in [1.54, 1.807) is 0 Å². The third-order valence-electron chi connectivity index (χ3n) is 13.6. The number of carbonyl (C=O) groups is 1. The van der Waals surface area contributed by atoms with Crippen molar-refractivity contribution < 1.29 is 9.90 Å². The first-order chi connectivity index (χ1) is 29.1. The van der Waals surface area contributed by atoms with Crippen molar-refractivity contribution in [2.75, 3.05) is 6.54 Å². The van der Waals surface area contributed by atoms with Gasteiger partial charge in [0.15, 0.2) is 0 Å². The lowest BCUT2D eigenvalue weighted by atomic mass is 9.76. The smallest absolute Gasteiger partial charge is 0.138 e. The molecule has 0 aliphatic heterocycles. The molecule has 0 saturated carbocycles. The molecule has 0 rings (SSSR count). The molecule has 3 nitrogen and oxygen atoms in total. The van der Waals surface area contributed by atoms with Crippen LogP contribution in [0.3, 0.4) is 0 Å². The maximum absolute atomic E-state index is 13.8. The minimum atomic E-state index is -0.690. The summed E-state index contributed by atoms with van der Waals surface area (Å²) in [5.41, 5.74) is 6.10. The van der Waals surface area contributed by atoms with E-state index in [1.165, 1.54) is 263 Å². The molecule has 3 unspecified atom stereocenters. The van der Waals surface area contributed by atoms with Crippen molar-refractivity contribution in [1.82, 2.24) is 0 Å². The SMILES string of the molecule is CCCCCCCC/C=C\CCCCCCCCC(CCCCCCCCCCCCCCCC)C(C(=O)CCCCCCCCCCCCCCCCC)C(O)CN. The summed E-state index contributed by atoms with van der Waals surface area (Å²) in [7, 11) is 0. The summed E-state index contributed by atoms with van der Waals surface area (Å²) in [5.74, 6) is 0.320. The van der Waals surface area contributed by atoms with Crippen LogP contribution in [0.4, 0.5) is 0 Å². The summed E-state index contributed by atoms with van der Waals surface area (Å²) in [4.78, 5) is 13.8. The van der Waals surface area contributed by atoms with Crippen molar-refractivity contribution in [2.45, 2.75) is 322 Å². The first-order valence-corrected chi connectivity index (χ1v) is 27.7. The highest BCUT2D eigenvalue weighted by molar-refractivity contribution is 5.81. The van der Waals surface area contributed by atoms with Gasteiger partial charge >= 0.3 is 0 Å². The standard InChI is InChI=1S/C56H111NO2/c1-4-7-10-13-16-19-22-25-28-30-32-35-38-41-44-47-50-53(49-46-43-40-37-34-31-27-24-21-18-15-12-9-6-3)56(55(59)52-57)54(58)51-48-45-42-39-36-33-29-26-23-20-17-14-11-8-5-2/h25,28,53,55-56,59H,4-24,26-27,29-52,57H2,1-3H3/b28-25-. The lowest BCUT2D eigenvalue weighted by Crippen LogP contribution is -2.39. The molecule has 3 heteroatoms. The second kappa shape index (κ2) is 50.0. The predicted molar refractivity (Wildman–Crippen MR) is 266 cm³/mol. The first kappa shape index (κ1) is 58.3. The Balaban J connectivity index is 4.58. The number of carbonyl (C=O) groups excluding carboxylic acids is 1. The molecule has 0 aromatic carbocycles. The van der Waals surface area contributed by atoms with Crippen molar-refractivity contribution in [2.24, 2.45) is 17.6 Å². The van der Waals surface area contributed by atoms with Crippen molar-refractivity contribution in [3.05, 3.63) is 12.2 Å². The highest BCUT2D eigenvalue weighted by Gasteiger charge is 2.32. The Labute approximate surface area is 372 Å². The van der Waals surface area contributed by atoms with Gasteiger partial charge in [-0.05, 0) is 50.9 Å². The maximum atomic E-state index is 13.8. The summed E-state index contributed by atoms with van der Waals surface area (Å²) < 4.78 is 0. The quantitative estimate of drug-likeness (QED) is 0.0474. The van der Waals surface area contributed by atoms with Crippen LogP contribution in [0, 0.1) is 11.8 Å². The number of aliphatic hydroxyl groups is 1. The molecule has 0 heterocycles. The van der Waals surface area contributed by atoms with Crippen molar-refractivity contribution in [3.63, 3.8) is 0 Å². The fourth-order valence-corrected chi connectivity index (χ4v) is 9.53. The van der Waals surface area contributed by atoms with Gasteiger partial charge in [0, 0.05) is 18.9 Å². The normalized spacial score (nSPS) is 13.4. The molecule has 3 N–H and O–H groups in total. The number of hydrogen-bond acceptors (Lipinski definition) is 3. The maximum Gasteiger partial charge on any atom is 0.138 e. The van der Waals surface area contributed by atoms with Gasteiger partial charge in [-0.25, -0.2) is 0 Å². The van der Waals surface area contributed by atoms with Crippen LogP contribution in [-0.2, 0) is 4.79 Å². The highest BCUT2D eigenvalue weighted by Crippen LogP contribution is 2.31. The third kappa shape index (κ3) is 42.4. The zero-order valence-electron chi connectivity index (χ0n) is 41.1. The van der Waals surface area contributed by atoms with E-state index in [0.717, 1.165) is 25.7 Å². The Morgan fingerprint density at radius 2 is 0.644 bits per heavy atom. The number of hydrogen-bond donors (Lipinski definition) is 2. The molecule has 0 aromatic rings. The van der Waals surface area contributed by atoms with Crippen LogP contribution in [0.1, 0.15) is 316 Å². The average Bonchev–Trinajstić information content (AvgIpc) is 3.24. The van der Waals surface area contributed by atoms with E-state index < -0.39 is 6.10 Å². The number of unbranched alkanes of at least 4 members (excludes halogenated alkanes) is 39. The summed E-state index contributed by atoms with van der Waals surface area (Å²) >= 11 is 0. The van der Waals surface area contributed by atoms with Gasteiger partial charge in [0.25, 0.3) is 0 Å². The molecule has 0 aliphatic rings. The fraction of sp³-hybridized carbons (Fsp3) is 0.946. The predicted octanol–water partition coefficient (Wildman–Crippen LogP) is 18.7. The van der Waals surface area contributed by atoms with E-state index in [2.05, 4.69) is 32.9 Å². The summed E-state index contributed by atoms with van der Waals surface area (Å²) in [6.07, 6.45) is 64.7. The van der Waals surface area contributed by atoms with E-state index in [4.69, 9.17) is 5.73 Å². The minimum absolute atomic E-state index is 0.206. The molecule has 0 amide bonds. The molecule has 0 aliphatic carbocycles. The van der Waals surface area contributed by atoms with Crippen molar-refractivity contribution >= 4 is 5.78 Å². The van der Waals surface area contributed by atoms with Gasteiger partial charge in [-0.3, -0.25) is 4.79 Å². The minimum Gasteiger partial charge on any atom is -0.391 e. The van der Waals surface area contributed by atoms with Crippen molar-refractivity contribution in [1.29, 1.82) is 0 Å². The van der Waals surface area contributed by atoms with Gasteiger partial charge in [0.05, 0.1) is 6.10 Å². The van der Waals surface area contributed by atoms with Gasteiger partial charge < -0.3 is 10.8 Å². The van der Waals surface area contributed by atoms with Gasteiger partial charge in [-0.1, -0.05) is 277 Å². The number of ketones is 1. The number of Topliss-reactive ketones (excluding diaryl/α,β-unsaturated/α-hetero) is 1. The van der Waals surface area contributed by atoms with Crippen LogP contribution in [0.15, 0.2) is 12.2 Å². The average molecular weight is 831 g/mol. The fourth-order valence-electron chi connectivity index (χ4n) is 9.53. The topological polar surface area (TPSA) is 63.3 Å². The van der Waals surface area contributed by atoms with Gasteiger partial charge in [0.2, 0.25) is 0 Å². The number of allylic oxidation sites excluding steroid dienone is 2. The molecule has 0 saturated heterocycles. The first-order valence-electron chi connectivity index (χ1n) is 27.7. The third-order valence-corrected chi connectivity index (χ3v) is 13.6. The Kier molecular flexibility index (Phi) is 49.4. The second-order valence-electron chi connectivity index (χ2n) is 19.4. The molecule has 0 bridgehead atoms. The van der Waals surface area contributed by atoms with Crippen LogP contribution in [-0.4, -0.2) is 23.5 Å². The monoisotopic (exact) mass is 830 g/mol. The molecule has 0 aromatic heterocycles. The molecule has 59 heavy (non-hydrogen) atoms. The zero-order valence-corrected chi connectivity index (χ0v) is 41.1. The zero-order chi connectivity index (χ0) is 43.0. The highest BCUT2D eigenvalue weighted by atomic mass is 16.3. The Hall–Kier alpha value is -0.670. The largest absolute Gasteiger partial charge is 0.391 e. The van der Waals surface area contributed by atoms with E-state index in [0.29, 0.717) is 12.2 Å². The molecule has 0 radical (unpaired) electrons. The molecular formula is C56H111NO2. The van der Waals surface area contributed by atoms with Gasteiger partial charge in [0.1, 0.15) is 5.78 Å². The van der Waals surface area contributed by atoms with Crippen LogP contribution in [0.5, 0.6) is 0 Å². The summed E-state index contributed by atoms with van der Waals surface area (Å²) in [5, 5.41) is 11.2. The number of nitrogens with two attached hydrogens (primary N) is 1. The van der Waals surface area contributed by atoms with Crippen LogP contribution >= 0.6 is 0 Å². The molecule has 0 spiro atoms. The number of aliphatic hydroxyl groups excluding tert-OH is 1. The number of rotatable bonds is 51. The van der Waals surface area contributed by atoms with E-state index in [9.17, 15) is 9.90 Å². The van der Waals surface area contributed by atoms with Gasteiger partial charge in [-0.2, -0.15) is 0 Å². The molecule has 0 fully saturated rings. The van der Waals surface area contributed by atoms with Crippen LogP contribution in [0.2, 0.25) is 0 Å². The van der Waals surface area contributed by atoms with Crippen LogP contribution < -0.4 is 5.73 Å². The molecular weight excluding hydrogens is 719 g/mol. The van der Waals surface area contributed by atoms with Crippen molar-refractivity contribution in [3.8, 4) is 0 Å². The van der Waals surface area contributed by atoms with Gasteiger partial charge in [-0.15, -0.1) is 0 Å². The Morgan fingerprint density at radius 3 is 0.932 bits per heavy atom. The van der Waals surface area contributed by atoms with Crippen LogP contribution in [0.25, 0.3) is 0 Å². The van der Waals surface area contributed by atoms with E-state index in [1.807, 2.05) is 0 Å². The van der Waals surface area contributed by atoms with E-state index >= 15 is 0 Å². The molecule has 3 atom stereocenters. The van der Waals surface area contributed by atoms with E-state index in [-0.39, 0.29) is 18.4 Å². The summed E-state index contributed by atoms with van der Waals surface area (Å²) in [6.45, 7) is 7.09. The molecule has 352 valence electrons. The lowest BCUT2D eigenvalue weighted by Gasteiger charge is -2.30. The summed E-state index contributed by atoms with van der Waals surface area (Å²) in [6, 6.07) is 0. The Bertz CT molecular complexity index is 825. The second-order valence-corrected chi connectivity index (χ2v) is 19.4.